The van der Waals surface area contributed by atoms with Crippen molar-refractivity contribution in [2.24, 2.45) is 0 Å². The summed E-state index contributed by atoms with van der Waals surface area (Å²) in [6.07, 6.45) is -4.74. The van der Waals surface area contributed by atoms with Crippen molar-refractivity contribution in [1.82, 2.24) is 10.2 Å². The zero-order valence-corrected chi connectivity index (χ0v) is 10.3. The Bertz CT molecular complexity index is 627. The van der Waals surface area contributed by atoms with Crippen molar-refractivity contribution in [3.63, 3.8) is 0 Å². The fourth-order valence-corrected chi connectivity index (χ4v) is 1.40. The molecule has 0 aliphatic rings. The summed E-state index contributed by atoms with van der Waals surface area (Å²) in [6.45, 7) is 0. The quantitative estimate of drug-likeness (QED) is 0.903. The van der Waals surface area contributed by atoms with Crippen LogP contribution in [0.2, 0.25) is 0 Å². The molecule has 6 nitrogen and oxygen atoms in total. The third-order valence-electron chi connectivity index (χ3n) is 2.24. The topological polar surface area (TPSA) is 84.3 Å². The number of rotatable bonds is 4. The fraction of sp³-hybridized carbons (Fsp3) is 0.0833. The first-order valence-corrected chi connectivity index (χ1v) is 5.53. The van der Waals surface area contributed by atoms with E-state index in [1.165, 1.54) is 24.3 Å². The highest BCUT2D eigenvalue weighted by atomic mass is 19.4. The zero-order chi connectivity index (χ0) is 15.5. The number of carboxylic acid groups (broad SMARTS) is 1. The van der Waals surface area contributed by atoms with Crippen molar-refractivity contribution in [2.45, 2.75) is 6.36 Å². The Morgan fingerprint density at radius 1 is 1.10 bits per heavy atom. The zero-order valence-electron chi connectivity index (χ0n) is 10.3. The number of hydrogen-bond acceptors (Lipinski definition) is 5. The number of aromatic carboxylic acids is 1. The molecule has 1 aromatic heterocycles. The molecule has 9 heteroatoms. The molecule has 1 aromatic carbocycles. The molecule has 1 heterocycles. The average molecular weight is 299 g/mol. The summed E-state index contributed by atoms with van der Waals surface area (Å²) in [5.74, 6) is -1.30. The highest BCUT2D eigenvalue weighted by molar-refractivity contribution is 5.85. The Morgan fingerprint density at radius 3 is 2.24 bits per heavy atom. The SMILES string of the molecule is O=C(O)c1ccc(Nc2ccc(OC(F)(F)F)cc2)nn1. The molecule has 0 saturated heterocycles. The van der Waals surface area contributed by atoms with Crippen LogP contribution in [0.25, 0.3) is 0 Å². The van der Waals surface area contributed by atoms with Crippen LogP contribution < -0.4 is 10.1 Å². The minimum atomic E-state index is -4.74. The van der Waals surface area contributed by atoms with Gasteiger partial charge in [0, 0.05) is 5.69 Å². The van der Waals surface area contributed by atoms with Crippen LogP contribution in [0.1, 0.15) is 10.5 Å². The van der Waals surface area contributed by atoms with Crippen LogP contribution in [0.15, 0.2) is 36.4 Å². The summed E-state index contributed by atoms with van der Waals surface area (Å²) in [5.41, 5.74) is 0.233. The Labute approximate surface area is 116 Å². The number of nitrogens with zero attached hydrogens (tertiary/aromatic N) is 2. The Morgan fingerprint density at radius 2 is 1.76 bits per heavy atom. The predicted octanol–water partition coefficient (Wildman–Crippen LogP) is 2.82. The van der Waals surface area contributed by atoms with Gasteiger partial charge in [-0.2, -0.15) is 0 Å². The number of carboxylic acids is 1. The van der Waals surface area contributed by atoms with E-state index in [0.29, 0.717) is 5.69 Å². The molecular formula is C12H8F3N3O3. The molecule has 0 amide bonds. The smallest absolute Gasteiger partial charge is 0.476 e. The predicted molar refractivity (Wildman–Crippen MR) is 65.4 cm³/mol. The van der Waals surface area contributed by atoms with Gasteiger partial charge in [0.15, 0.2) is 11.5 Å². The molecule has 0 fully saturated rings. The second-order valence-electron chi connectivity index (χ2n) is 3.81. The van der Waals surface area contributed by atoms with Gasteiger partial charge in [-0.1, -0.05) is 0 Å². The summed E-state index contributed by atoms with van der Waals surface area (Å²) < 4.78 is 39.7. The van der Waals surface area contributed by atoms with Gasteiger partial charge in [0.05, 0.1) is 0 Å². The molecular weight excluding hydrogens is 291 g/mol. The molecule has 21 heavy (non-hydrogen) atoms. The number of nitrogens with one attached hydrogen (secondary N) is 1. The van der Waals surface area contributed by atoms with Crippen LogP contribution in [-0.4, -0.2) is 27.6 Å². The van der Waals surface area contributed by atoms with E-state index in [0.717, 1.165) is 12.1 Å². The van der Waals surface area contributed by atoms with Gasteiger partial charge < -0.3 is 15.2 Å². The lowest BCUT2D eigenvalue weighted by Gasteiger charge is -2.10. The highest BCUT2D eigenvalue weighted by Crippen LogP contribution is 2.24. The summed E-state index contributed by atoms with van der Waals surface area (Å²) >= 11 is 0. The molecule has 2 N–H and O–H groups in total. The van der Waals surface area contributed by atoms with E-state index in [2.05, 4.69) is 20.3 Å². The molecule has 0 bridgehead atoms. The number of halogens is 3. The van der Waals surface area contributed by atoms with Gasteiger partial charge in [0.1, 0.15) is 5.75 Å². The van der Waals surface area contributed by atoms with E-state index in [9.17, 15) is 18.0 Å². The van der Waals surface area contributed by atoms with Gasteiger partial charge in [0.2, 0.25) is 0 Å². The number of anilines is 2. The van der Waals surface area contributed by atoms with Gasteiger partial charge in [-0.3, -0.25) is 0 Å². The first kappa shape index (κ1) is 14.6. The van der Waals surface area contributed by atoms with Crippen molar-refractivity contribution < 1.29 is 27.8 Å². The summed E-state index contributed by atoms with van der Waals surface area (Å²) in [7, 11) is 0. The Hall–Kier alpha value is -2.84. The van der Waals surface area contributed by atoms with Crippen LogP contribution in [0.5, 0.6) is 5.75 Å². The van der Waals surface area contributed by atoms with E-state index < -0.39 is 12.3 Å². The Kier molecular flexibility index (Phi) is 3.92. The lowest BCUT2D eigenvalue weighted by molar-refractivity contribution is -0.274. The Balaban J connectivity index is 2.04. The molecule has 2 aromatic rings. The summed E-state index contributed by atoms with van der Waals surface area (Å²) in [6, 6.07) is 7.61. The van der Waals surface area contributed by atoms with Gasteiger partial charge >= 0.3 is 12.3 Å². The molecule has 2 rings (SSSR count). The number of carbonyl (C=O) groups is 1. The molecule has 0 spiro atoms. The van der Waals surface area contributed by atoms with Gasteiger partial charge in [-0.05, 0) is 36.4 Å². The van der Waals surface area contributed by atoms with Crippen LogP contribution >= 0.6 is 0 Å². The van der Waals surface area contributed by atoms with E-state index >= 15 is 0 Å². The first-order valence-electron chi connectivity index (χ1n) is 5.53. The number of hydrogen-bond donors (Lipinski definition) is 2. The largest absolute Gasteiger partial charge is 0.573 e. The second kappa shape index (κ2) is 5.65. The maximum absolute atomic E-state index is 12.0. The third kappa shape index (κ3) is 4.34. The number of alkyl halides is 3. The van der Waals surface area contributed by atoms with Crippen molar-refractivity contribution in [2.75, 3.05) is 5.32 Å². The van der Waals surface area contributed by atoms with Crippen molar-refractivity contribution in [1.29, 1.82) is 0 Å². The standard InChI is InChI=1S/C12H8F3N3O3/c13-12(14,15)21-8-3-1-7(2-4-8)16-10-6-5-9(11(19)20)17-18-10/h1-6H,(H,16,18)(H,19,20). The number of ether oxygens (including phenoxy) is 1. The lowest BCUT2D eigenvalue weighted by Crippen LogP contribution is -2.16. The van der Waals surface area contributed by atoms with Crippen LogP contribution in [-0.2, 0) is 0 Å². The van der Waals surface area contributed by atoms with Gasteiger partial charge in [-0.15, -0.1) is 23.4 Å². The average Bonchev–Trinajstić information content (AvgIpc) is 2.40. The minimum absolute atomic E-state index is 0.213. The summed E-state index contributed by atoms with van der Waals surface area (Å²) in [5, 5.41) is 18.5. The van der Waals surface area contributed by atoms with E-state index in [1.807, 2.05) is 0 Å². The van der Waals surface area contributed by atoms with Gasteiger partial charge in [0.25, 0.3) is 0 Å². The van der Waals surface area contributed by atoms with Crippen molar-refractivity contribution in [3.8, 4) is 5.75 Å². The summed E-state index contributed by atoms with van der Waals surface area (Å²) in [4.78, 5) is 10.6. The fourth-order valence-electron chi connectivity index (χ4n) is 1.40. The van der Waals surface area contributed by atoms with Gasteiger partial charge in [-0.25, -0.2) is 4.79 Å². The van der Waals surface area contributed by atoms with E-state index in [-0.39, 0.29) is 17.3 Å². The number of aromatic nitrogens is 2. The second-order valence-corrected chi connectivity index (χ2v) is 3.81. The van der Waals surface area contributed by atoms with Crippen LogP contribution in [0.3, 0.4) is 0 Å². The highest BCUT2D eigenvalue weighted by Gasteiger charge is 2.30. The molecule has 0 saturated carbocycles. The monoisotopic (exact) mass is 299 g/mol. The maximum Gasteiger partial charge on any atom is 0.573 e. The third-order valence-corrected chi connectivity index (χ3v) is 2.24. The van der Waals surface area contributed by atoms with Crippen LogP contribution in [0, 0.1) is 0 Å². The first-order chi connectivity index (χ1) is 9.83. The molecule has 0 aliphatic heterocycles. The lowest BCUT2D eigenvalue weighted by atomic mass is 10.3. The molecule has 0 unspecified atom stereocenters. The normalized spacial score (nSPS) is 11.0. The maximum atomic E-state index is 12.0. The molecule has 110 valence electrons. The molecule has 0 aliphatic carbocycles. The van der Waals surface area contributed by atoms with E-state index in [1.54, 1.807) is 0 Å². The number of benzene rings is 1. The van der Waals surface area contributed by atoms with Crippen molar-refractivity contribution in [3.05, 3.63) is 42.1 Å². The molecule has 0 atom stereocenters. The van der Waals surface area contributed by atoms with E-state index in [4.69, 9.17) is 5.11 Å². The van der Waals surface area contributed by atoms with Crippen LogP contribution in [0.4, 0.5) is 24.7 Å². The minimum Gasteiger partial charge on any atom is -0.476 e. The molecule has 0 radical (unpaired) electrons. The van der Waals surface area contributed by atoms with Crippen molar-refractivity contribution >= 4 is 17.5 Å².